The van der Waals surface area contributed by atoms with Crippen molar-refractivity contribution in [3.63, 3.8) is 0 Å². The number of nitrogens with zero attached hydrogens (tertiary/aromatic N) is 3. The summed E-state index contributed by atoms with van der Waals surface area (Å²) in [7, 11) is 1.70. The van der Waals surface area contributed by atoms with Gasteiger partial charge in [0.05, 0.1) is 17.8 Å². The Morgan fingerprint density at radius 1 is 1.23 bits per heavy atom. The van der Waals surface area contributed by atoms with Gasteiger partial charge in [-0.1, -0.05) is 36.4 Å². The number of anilines is 2. The monoisotopic (exact) mass is 348 g/mol. The summed E-state index contributed by atoms with van der Waals surface area (Å²) in [5.74, 6) is 0.529. The summed E-state index contributed by atoms with van der Waals surface area (Å²) in [6.07, 6.45) is 4.52. The first-order valence-electron chi connectivity index (χ1n) is 8.67. The number of rotatable bonds is 2. The minimum absolute atomic E-state index is 0.0442. The van der Waals surface area contributed by atoms with Crippen molar-refractivity contribution < 1.29 is 9.59 Å². The molecule has 0 saturated carbocycles. The molecule has 0 spiro atoms. The minimum atomic E-state index is -0.0601. The maximum absolute atomic E-state index is 12.8. The van der Waals surface area contributed by atoms with E-state index in [4.69, 9.17) is 0 Å². The lowest BCUT2D eigenvalue weighted by Gasteiger charge is -2.29. The molecule has 0 radical (unpaired) electrons. The summed E-state index contributed by atoms with van der Waals surface area (Å²) in [5, 5.41) is 2.98. The van der Waals surface area contributed by atoms with Crippen molar-refractivity contribution in [1.82, 2.24) is 9.88 Å². The van der Waals surface area contributed by atoms with Crippen molar-refractivity contribution >= 4 is 28.9 Å². The molecule has 0 atom stereocenters. The quantitative estimate of drug-likeness (QED) is 0.905. The molecular weight excluding hydrogens is 328 g/mol. The fraction of sp³-hybridized carbons (Fsp3) is 0.250. The standard InChI is InChI=1S/C20H20N4O2/c1-23-17-11-16(12-21-19(17)22-13-18(23)25)20(26)24-9-7-15(8-10-24)14-5-3-2-4-6-14/h2-7,11-12H,8-10,13H2,1H3,(H,21,22). The Kier molecular flexibility index (Phi) is 4.16. The number of hydrogen-bond donors (Lipinski definition) is 1. The number of carbonyl (C=O) groups excluding carboxylic acids is 2. The second kappa shape index (κ2) is 6.63. The molecule has 6 nitrogen and oxygen atoms in total. The van der Waals surface area contributed by atoms with E-state index in [2.05, 4.69) is 28.5 Å². The summed E-state index contributed by atoms with van der Waals surface area (Å²) >= 11 is 0. The van der Waals surface area contributed by atoms with Crippen molar-refractivity contribution in [1.29, 1.82) is 0 Å². The number of likely N-dealkylation sites (N-methyl/N-ethyl adjacent to an activating group) is 1. The van der Waals surface area contributed by atoms with E-state index in [1.54, 1.807) is 24.2 Å². The van der Waals surface area contributed by atoms with Crippen LogP contribution >= 0.6 is 0 Å². The molecule has 0 bridgehead atoms. The molecule has 2 aliphatic rings. The summed E-state index contributed by atoms with van der Waals surface area (Å²) in [4.78, 5) is 32.4. The van der Waals surface area contributed by atoms with Crippen molar-refractivity contribution in [2.75, 3.05) is 36.9 Å². The smallest absolute Gasteiger partial charge is 0.255 e. The predicted octanol–water partition coefficient (Wildman–Crippen LogP) is 2.40. The molecule has 6 heteroatoms. The van der Waals surface area contributed by atoms with Gasteiger partial charge in [-0.15, -0.1) is 0 Å². The molecule has 1 aromatic carbocycles. The third-order valence-electron chi connectivity index (χ3n) is 4.90. The van der Waals surface area contributed by atoms with Crippen molar-refractivity contribution in [3.8, 4) is 0 Å². The Balaban J connectivity index is 1.52. The SMILES string of the molecule is CN1C(=O)CNc2ncc(C(=O)N3CC=C(c4ccccc4)CC3)cc21. The largest absolute Gasteiger partial charge is 0.359 e. The van der Waals surface area contributed by atoms with E-state index < -0.39 is 0 Å². The van der Waals surface area contributed by atoms with Crippen LogP contribution in [0.5, 0.6) is 0 Å². The maximum Gasteiger partial charge on any atom is 0.255 e. The van der Waals surface area contributed by atoms with Gasteiger partial charge >= 0.3 is 0 Å². The number of pyridine rings is 1. The highest BCUT2D eigenvalue weighted by atomic mass is 16.2. The van der Waals surface area contributed by atoms with Gasteiger partial charge in [0, 0.05) is 26.3 Å². The molecule has 0 unspecified atom stereocenters. The molecule has 26 heavy (non-hydrogen) atoms. The zero-order valence-corrected chi connectivity index (χ0v) is 14.6. The van der Waals surface area contributed by atoms with Crippen molar-refractivity contribution in [2.24, 2.45) is 0 Å². The Labute approximate surface area is 152 Å². The fourth-order valence-electron chi connectivity index (χ4n) is 3.32. The average Bonchev–Trinajstić information content (AvgIpc) is 2.71. The van der Waals surface area contributed by atoms with E-state index in [-0.39, 0.29) is 18.4 Å². The summed E-state index contributed by atoms with van der Waals surface area (Å²) in [6, 6.07) is 12.0. The van der Waals surface area contributed by atoms with Gasteiger partial charge in [-0.25, -0.2) is 4.98 Å². The molecule has 2 amide bonds. The van der Waals surface area contributed by atoms with Crippen LogP contribution in [0.3, 0.4) is 0 Å². The van der Waals surface area contributed by atoms with Crippen molar-refractivity contribution in [3.05, 3.63) is 59.8 Å². The zero-order valence-electron chi connectivity index (χ0n) is 14.6. The highest BCUT2D eigenvalue weighted by Gasteiger charge is 2.25. The van der Waals surface area contributed by atoms with Crippen LogP contribution in [0.2, 0.25) is 0 Å². The number of aromatic nitrogens is 1. The molecule has 2 aliphatic heterocycles. The number of benzene rings is 1. The van der Waals surface area contributed by atoms with E-state index in [0.717, 1.165) is 6.42 Å². The Hall–Kier alpha value is -3.15. The van der Waals surface area contributed by atoms with Crippen LogP contribution in [0.4, 0.5) is 11.5 Å². The second-order valence-electron chi connectivity index (χ2n) is 6.49. The highest BCUT2D eigenvalue weighted by Crippen LogP contribution is 2.28. The van der Waals surface area contributed by atoms with Gasteiger partial charge < -0.3 is 15.1 Å². The van der Waals surface area contributed by atoms with E-state index in [1.807, 2.05) is 23.1 Å². The lowest BCUT2D eigenvalue weighted by molar-refractivity contribution is -0.116. The second-order valence-corrected chi connectivity index (χ2v) is 6.49. The highest BCUT2D eigenvalue weighted by molar-refractivity contribution is 6.03. The fourth-order valence-corrected chi connectivity index (χ4v) is 3.32. The van der Waals surface area contributed by atoms with Crippen LogP contribution in [-0.2, 0) is 4.79 Å². The molecule has 3 heterocycles. The Morgan fingerprint density at radius 3 is 2.77 bits per heavy atom. The average molecular weight is 348 g/mol. The summed E-state index contributed by atoms with van der Waals surface area (Å²) in [5.41, 5.74) is 3.63. The zero-order chi connectivity index (χ0) is 18.1. The van der Waals surface area contributed by atoms with E-state index >= 15 is 0 Å². The van der Waals surface area contributed by atoms with Crippen LogP contribution in [0, 0.1) is 0 Å². The first-order valence-corrected chi connectivity index (χ1v) is 8.67. The molecule has 0 saturated heterocycles. The van der Waals surface area contributed by atoms with Crippen LogP contribution in [-0.4, -0.2) is 48.4 Å². The Bertz CT molecular complexity index is 892. The van der Waals surface area contributed by atoms with Crippen LogP contribution < -0.4 is 10.2 Å². The molecule has 1 aromatic heterocycles. The summed E-state index contributed by atoms with van der Waals surface area (Å²) < 4.78 is 0. The molecule has 0 fully saturated rings. The van der Waals surface area contributed by atoms with E-state index in [1.165, 1.54) is 11.1 Å². The molecule has 2 aromatic rings. The van der Waals surface area contributed by atoms with Crippen LogP contribution in [0.25, 0.3) is 5.57 Å². The number of hydrogen-bond acceptors (Lipinski definition) is 4. The van der Waals surface area contributed by atoms with Crippen molar-refractivity contribution in [2.45, 2.75) is 6.42 Å². The number of nitrogens with one attached hydrogen (secondary N) is 1. The first-order chi connectivity index (χ1) is 12.6. The van der Waals surface area contributed by atoms with E-state index in [9.17, 15) is 9.59 Å². The topological polar surface area (TPSA) is 65.5 Å². The lowest BCUT2D eigenvalue weighted by atomic mass is 9.99. The molecule has 0 aliphatic carbocycles. The molecule has 1 N–H and O–H groups in total. The van der Waals surface area contributed by atoms with Gasteiger partial charge in [-0.3, -0.25) is 9.59 Å². The van der Waals surface area contributed by atoms with Crippen LogP contribution in [0.1, 0.15) is 22.3 Å². The van der Waals surface area contributed by atoms with Crippen LogP contribution in [0.15, 0.2) is 48.7 Å². The first kappa shape index (κ1) is 16.3. The van der Waals surface area contributed by atoms with Gasteiger partial charge in [0.2, 0.25) is 5.91 Å². The molecular formula is C20H20N4O2. The maximum atomic E-state index is 12.8. The van der Waals surface area contributed by atoms with E-state index in [0.29, 0.717) is 30.2 Å². The van der Waals surface area contributed by atoms with Gasteiger partial charge in [0.1, 0.15) is 5.82 Å². The number of fused-ring (bicyclic) bond motifs is 1. The normalized spacial score (nSPS) is 16.7. The third-order valence-corrected chi connectivity index (χ3v) is 4.90. The van der Waals surface area contributed by atoms with Gasteiger partial charge in [-0.2, -0.15) is 0 Å². The number of amides is 2. The predicted molar refractivity (Wildman–Crippen MR) is 101 cm³/mol. The number of carbonyl (C=O) groups is 2. The minimum Gasteiger partial charge on any atom is -0.359 e. The van der Waals surface area contributed by atoms with Gasteiger partial charge in [0.15, 0.2) is 0 Å². The van der Waals surface area contributed by atoms with Gasteiger partial charge in [-0.05, 0) is 23.6 Å². The lowest BCUT2D eigenvalue weighted by Crippen LogP contribution is -2.38. The van der Waals surface area contributed by atoms with Gasteiger partial charge in [0.25, 0.3) is 5.91 Å². The molecule has 132 valence electrons. The summed E-state index contributed by atoms with van der Waals surface area (Å²) in [6.45, 7) is 1.47. The third kappa shape index (κ3) is 2.94. The molecule has 4 rings (SSSR count). The Morgan fingerprint density at radius 2 is 2.04 bits per heavy atom.